The molecule has 2 amide bonds. The Morgan fingerprint density at radius 2 is 2.00 bits per heavy atom. The molecule has 116 valence electrons. The van der Waals surface area contributed by atoms with Crippen molar-refractivity contribution in [2.75, 3.05) is 53.1 Å². The fourth-order valence-electron chi connectivity index (χ4n) is 1.89. The molecule has 0 aromatic carbocycles. The molecule has 0 bridgehead atoms. The van der Waals surface area contributed by atoms with Gasteiger partial charge in [0, 0.05) is 39.7 Å². The first-order chi connectivity index (χ1) is 9.65. The minimum absolute atomic E-state index is 0.0825. The number of hydrogen-bond acceptors (Lipinski definition) is 5. The second kappa shape index (κ2) is 9.68. The van der Waals surface area contributed by atoms with Crippen LogP contribution in [-0.4, -0.2) is 75.9 Å². The summed E-state index contributed by atoms with van der Waals surface area (Å²) in [5.74, 6) is 0.0219. The lowest BCUT2D eigenvalue weighted by atomic mass is 10.2. The van der Waals surface area contributed by atoms with Gasteiger partial charge in [0.05, 0.1) is 25.9 Å². The highest BCUT2D eigenvalue weighted by Crippen LogP contribution is 1.99. The summed E-state index contributed by atoms with van der Waals surface area (Å²) >= 11 is 0. The lowest BCUT2D eigenvalue weighted by Gasteiger charge is -2.27. The van der Waals surface area contributed by atoms with Crippen molar-refractivity contribution in [1.82, 2.24) is 15.5 Å². The predicted octanol–water partition coefficient (Wildman–Crippen LogP) is -1.02. The molecule has 0 aromatic heterocycles. The summed E-state index contributed by atoms with van der Waals surface area (Å²) in [4.78, 5) is 25.3. The summed E-state index contributed by atoms with van der Waals surface area (Å²) in [6.07, 6.45) is 0.399. The van der Waals surface area contributed by atoms with Crippen molar-refractivity contribution < 1.29 is 19.1 Å². The van der Waals surface area contributed by atoms with Gasteiger partial charge in [-0.05, 0) is 6.92 Å². The lowest BCUT2D eigenvalue weighted by Crippen LogP contribution is -2.45. The number of ether oxygens (including phenoxy) is 2. The fraction of sp³-hybridized carbons (Fsp3) is 0.846. The molecule has 1 fully saturated rings. The Hall–Kier alpha value is -1.18. The van der Waals surface area contributed by atoms with Crippen LogP contribution in [-0.2, 0) is 19.1 Å². The molecule has 0 radical (unpaired) electrons. The van der Waals surface area contributed by atoms with Crippen LogP contribution < -0.4 is 10.6 Å². The number of rotatable bonds is 8. The third-order valence-electron chi connectivity index (χ3n) is 3.15. The zero-order valence-corrected chi connectivity index (χ0v) is 12.3. The number of nitrogens with zero attached hydrogens (tertiary/aromatic N) is 1. The molecule has 0 aliphatic carbocycles. The topological polar surface area (TPSA) is 79.9 Å². The quantitative estimate of drug-likeness (QED) is 0.558. The Labute approximate surface area is 120 Å². The van der Waals surface area contributed by atoms with Gasteiger partial charge in [-0.1, -0.05) is 0 Å². The Balaban J connectivity index is 2.12. The summed E-state index contributed by atoms with van der Waals surface area (Å²) in [7, 11) is 1.59. The Morgan fingerprint density at radius 3 is 2.65 bits per heavy atom. The maximum atomic E-state index is 11.9. The second-order valence-electron chi connectivity index (χ2n) is 4.70. The number of carbonyl (C=O) groups is 2. The van der Waals surface area contributed by atoms with Gasteiger partial charge < -0.3 is 25.0 Å². The average Bonchev–Trinajstić information content (AvgIpc) is 2.48. The van der Waals surface area contributed by atoms with E-state index in [1.54, 1.807) is 18.9 Å². The standard InChI is InChI=1S/C13H25N3O4/c1-11(13(18)15-5-8-19-2)14-4-3-12(17)16-6-9-20-10-7-16/h11,14H,3-10H2,1-2H3,(H,15,18). The third kappa shape index (κ3) is 6.31. The van der Waals surface area contributed by atoms with Crippen LogP contribution in [0, 0.1) is 0 Å². The minimum Gasteiger partial charge on any atom is -0.383 e. The Kier molecular flexibility index (Phi) is 8.17. The van der Waals surface area contributed by atoms with Crippen molar-refractivity contribution in [3.05, 3.63) is 0 Å². The highest BCUT2D eigenvalue weighted by atomic mass is 16.5. The van der Waals surface area contributed by atoms with Crippen LogP contribution in [0.5, 0.6) is 0 Å². The molecule has 20 heavy (non-hydrogen) atoms. The van der Waals surface area contributed by atoms with E-state index in [0.29, 0.717) is 52.4 Å². The average molecular weight is 287 g/mol. The molecule has 0 spiro atoms. The van der Waals surface area contributed by atoms with Crippen molar-refractivity contribution in [3.8, 4) is 0 Å². The van der Waals surface area contributed by atoms with Crippen LogP contribution in [0.25, 0.3) is 0 Å². The minimum atomic E-state index is -0.315. The lowest BCUT2D eigenvalue weighted by molar-refractivity contribution is -0.135. The fourth-order valence-corrected chi connectivity index (χ4v) is 1.89. The van der Waals surface area contributed by atoms with Gasteiger partial charge in [0.15, 0.2) is 0 Å². The number of carbonyl (C=O) groups excluding carboxylic acids is 2. The monoisotopic (exact) mass is 287 g/mol. The van der Waals surface area contributed by atoms with E-state index in [4.69, 9.17) is 9.47 Å². The highest BCUT2D eigenvalue weighted by molar-refractivity contribution is 5.81. The van der Waals surface area contributed by atoms with Gasteiger partial charge in [-0.2, -0.15) is 0 Å². The molecule has 7 heteroatoms. The van der Waals surface area contributed by atoms with Crippen LogP contribution in [0.3, 0.4) is 0 Å². The van der Waals surface area contributed by atoms with E-state index in [-0.39, 0.29) is 17.9 Å². The van der Waals surface area contributed by atoms with Crippen LogP contribution in [0.4, 0.5) is 0 Å². The number of nitrogens with one attached hydrogen (secondary N) is 2. The molecule has 7 nitrogen and oxygen atoms in total. The van der Waals surface area contributed by atoms with E-state index in [9.17, 15) is 9.59 Å². The summed E-state index contributed by atoms with van der Waals surface area (Å²) in [6.45, 7) is 5.80. The Morgan fingerprint density at radius 1 is 1.30 bits per heavy atom. The molecule has 1 heterocycles. The van der Waals surface area contributed by atoms with Crippen molar-refractivity contribution in [3.63, 3.8) is 0 Å². The molecule has 0 saturated carbocycles. The van der Waals surface area contributed by atoms with Gasteiger partial charge in [0.25, 0.3) is 0 Å². The van der Waals surface area contributed by atoms with Crippen molar-refractivity contribution >= 4 is 11.8 Å². The van der Waals surface area contributed by atoms with E-state index in [1.165, 1.54) is 0 Å². The Bertz CT molecular complexity index is 306. The second-order valence-corrected chi connectivity index (χ2v) is 4.70. The van der Waals surface area contributed by atoms with E-state index in [0.717, 1.165) is 0 Å². The SMILES string of the molecule is COCCNC(=O)C(C)NCCC(=O)N1CCOCC1. The van der Waals surface area contributed by atoms with Gasteiger partial charge >= 0.3 is 0 Å². The first kappa shape index (κ1) is 16.9. The number of amides is 2. The first-order valence-electron chi connectivity index (χ1n) is 7.00. The zero-order chi connectivity index (χ0) is 14.8. The van der Waals surface area contributed by atoms with Crippen molar-refractivity contribution in [2.45, 2.75) is 19.4 Å². The summed E-state index contributed by atoms with van der Waals surface area (Å²) in [6, 6.07) is -0.315. The van der Waals surface area contributed by atoms with E-state index in [1.807, 2.05) is 0 Å². The number of hydrogen-bond donors (Lipinski definition) is 2. The molecule has 1 unspecified atom stereocenters. The van der Waals surface area contributed by atoms with Crippen molar-refractivity contribution in [2.24, 2.45) is 0 Å². The maximum absolute atomic E-state index is 11.9. The summed E-state index contributed by atoms with van der Waals surface area (Å²) < 4.78 is 10.1. The molecule has 1 aliphatic heterocycles. The molecule has 1 aliphatic rings. The number of methoxy groups -OCH3 is 1. The van der Waals surface area contributed by atoms with Crippen molar-refractivity contribution in [1.29, 1.82) is 0 Å². The summed E-state index contributed by atoms with van der Waals surface area (Å²) in [5.41, 5.74) is 0. The van der Waals surface area contributed by atoms with Gasteiger partial charge in [0.1, 0.15) is 0 Å². The number of morpholine rings is 1. The normalized spacial score (nSPS) is 16.8. The molecule has 2 N–H and O–H groups in total. The van der Waals surface area contributed by atoms with Gasteiger partial charge in [-0.25, -0.2) is 0 Å². The van der Waals surface area contributed by atoms with E-state index >= 15 is 0 Å². The van der Waals surface area contributed by atoms with E-state index in [2.05, 4.69) is 10.6 Å². The molecule has 1 rings (SSSR count). The molecule has 1 atom stereocenters. The molecule has 0 aromatic rings. The van der Waals surface area contributed by atoms with Crippen LogP contribution >= 0.6 is 0 Å². The van der Waals surface area contributed by atoms with Gasteiger partial charge in [-0.3, -0.25) is 9.59 Å². The predicted molar refractivity (Wildman–Crippen MR) is 74.4 cm³/mol. The molecular formula is C13H25N3O4. The molecular weight excluding hydrogens is 262 g/mol. The van der Waals surface area contributed by atoms with E-state index < -0.39 is 0 Å². The summed E-state index contributed by atoms with van der Waals surface area (Å²) in [5, 5.41) is 5.79. The van der Waals surface area contributed by atoms with Crippen LogP contribution in [0.1, 0.15) is 13.3 Å². The maximum Gasteiger partial charge on any atom is 0.236 e. The molecule has 1 saturated heterocycles. The third-order valence-corrected chi connectivity index (χ3v) is 3.15. The largest absolute Gasteiger partial charge is 0.383 e. The highest BCUT2D eigenvalue weighted by Gasteiger charge is 2.17. The van der Waals surface area contributed by atoms with Gasteiger partial charge in [0.2, 0.25) is 11.8 Å². The van der Waals surface area contributed by atoms with Gasteiger partial charge in [-0.15, -0.1) is 0 Å². The van der Waals surface area contributed by atoms with Crippen LogP contribution in [0.2, 0.25) is 0 Å². The smallest absolute Gasteiger partial charge is 0.236 e. The van der Waals surface area contributed by atoms with Crippen LogP contribution in [0.15, 0.2) is 0 Å². The zero-order valence-electron chi connectivity index (χ0n) is 12.3. The first-order valence-corrected chi connectivity index (χ1v) is 7.00.